The number of carbonyl (C=O) groups is 1. The van der Waals surface area contributed by atoms with Gasteiger partial charge in [-0.1, -0.05) is 31.2 Å². The fraction of sp³-hybridized carbons (Fsp3) is 0.269. The summed E-state index contributed by atoms with van der Waals surface area (Å²) in [6.45, 7) is 4.02. The highest BCUT2D eigenvalue weighted by atomic mass is 32.2. The first-order valence-electron chi connectivity index (χ1n) is 10.9. The van der Waals surface area contributed by atoms with Crippen LogP contribution in [0, 0.1) is 0 Å². The van der Waals surface area contributed by atoms with E-state index in [4.69, 9.17) is 9.47 Å². The van der Waals surface area contributed by atoms with Crippen LogP contribution in [-0.2, 0) is 16.4 Å². The average Bonchev–Trinajstić information content (AvgIpc) is 2.87. The molecule has 7 nitrogen and oxygen atoms in total. The van der Waals surface area contributed by atoms with E-state index in [0.29, 0.717) is 22.7 Å². The van der Waals surface area contributed by atoms with E-state index in [1.807, 2.05) is 19.1 Å². The van der Waals surface area contributed by atoms with Crippen molar-refractivity contribution in [1.29, 1.82) is 0 Å². The first kappa shape index (κ1) is 25.1. The van der Waals surface area contributed by atoms with Crippen LogP contribution in [0.3, 0.4) is 0 Å². The zero-order valence-corrected chi connectivity index (χ0v) is 20.8. The molecule has 34 heavy (non-hydrogen) atoms. The van der Waals surface area contributed by atoms with E-state index >= 15 is 0 Å². The number of sulfonamides is 1. The normalized spacial score (nSPS) is 12.0. The predicted molar refractivity (Wildman–Crippen MR) is 133 cm³/mol. The molecule has 1 amide bonds. The first-order valence-corrected chi connectivity index (χ1v) is 12.4. The predicted octanol–water partition coefficient (Wildman–Crippen LogP) is 4.58. The highest BCUT2D eigenvalue weighted by Gasteiger charge is 2.23. The summed E-state index contributed by atoms with van der Waals surface area (Å²) in [6.07, 6.45) is 0.962. The van der Waals surface area contributed by atoms with E-state index in [9.17, 15) is 13.2 Å². The number of methoxy groups -OCH3 is 2. The largest absolute Gasteiger partial charge is 0.493 e. The molecule has 0 saturated carbocycles. The molecule has 0 aliphatic rings. The fourth-order valence-electron chi connectivity index (χ4n) is 3.50. The molecule has 0 heterocycles. The Labute approximate surface area is 201 Å². The van der Waals surface area contributed by atoms with Gasteiger partial charge < -0.3 is 14.8 Å². The summed E-state index contributed by atoms with van der Waals surface area (Å²) in [4.78, 5) is 12.8. The van der Waals surface area contributed by atoms with Gasteiger partial charge in [0.25, 0.3) is 15.9 Å². The second-order valence-corrected chi connectivity index (χ2v) is 9.80. The molecule has 1 N–H and O–H groups in total. The van der Waals surface area contributed by atoms with Crippen LogP contribution in [0.25, 0.3) is 0 Å². The van der Waals surface area contributed by atoms with Crippen LogP contribution >= 0.6 is 0 Å². The van der Waals surface area contributed by atoms with Crippen molar-refractivity contribution in [2.75, 3.05) is 25.6 Å². The maximum atomic E-state index is 13.1. The van der Waals surface area contributed by atoms with Gasteiger partial charge in [-0.05, 0) is 60.9 Å². The fourth-order valence-corrected chi connectivity index (χ4v) is 4.71. The Morgan fingerprint density at radius 2 is 1.56 bits per heavy atom. The number of amides is 1. The summed E-state index contributed by atoms with van der Waals surface area (Å²) >= 11 is 0. The molecule has 1 atom stereocenters. The molecule has 0 fully saturated rings. The van der Waals surface area contributed by atoms with Crippen LogP contribution in [-0.4, -0.2) is 35.6 Å². The molecule has 0 saturated heterocycles. The molecule has 8 heteroatoms. The van der Waals surface area contributed by atoms with Crippen molar-refractivity contribution in [2.24, 2.45) is 0 Å². The lowest BCUT2D eigenvalue weighted by Gasteiger charge is -2.21. The Morgan fingerprint density at radius 1 is 0.941 bits per heavy atom. The molecule has 3 rings (SSSR count). The third kappa shape index (κ3) is 5.34. The molecular weight excluding hydrogens is 452 g/mol. The molecular formula is C26H30N2O5S. The molecule has 0 spiro atoms. The monoisotopic (exact) mass is 482 g/mol. The minimum absolute atomic E-state index is 0.0670. The molecule has 3 aromatic carbocycles. The zero-order chi connectivity index (χ0) is 24.9. The van der Waals surface area contributed by atoms with E-state index in [1.165, 1.54) is 39.0 Å². The van der Waals surface area contributed by atoms with Gasteiger partial charge in [-0.15, -0.1) is 0 Å². The van der Waals surface area contributed by atoms with Gasteiger partial charge in [0.2, 0.25) is 0 Å². The van der Waals surface area contributed by atoms with Crippen molar-refractivity contribution in [1.82, 2.24) is 5.32 Å². The summed E-state index contributed by atoms with van der Waals surface area (Å²) in [6, 6.07) is 18.8. The van der Waals surface area contributed by atoms with Crippen molar-refractivity contribution in [3.05, 3.63) is 83.4 Å². The van der Waals surface area contributed by atoms with Crippen molar-refractivity contribution in [3.63, 3.8) is 0 Å². The minimum atomic E-state index is -3.85. The summed E-state index contributed by atoms with van der Waals surface area (Å²) in [5, 5.41) is 2.98. The number of aryl methyl sites for hydroxylation is 1. The van der Waals surface area contributed by atoms with Gasteiger partial charge in [0, 0.05) is 18.7 Å². The Balaban J connectivity index is 1.74. The number of hydrogen-bond acceptors (Lipinski definition) is 5. The van der Waals surface area contributed by atoms with E-state index in [1.54, 1.807) is 30.3 Å². The smallest absolute Gasteiger partial charge is 0.264 e. The van der Waals surface area contributed by atoms with Crippen LogP contribution in [0.1, 0.15) is 41.4 Å². The van der Waals surface area contributed by atoms with E-state index in [2.05, 4.69) is 24.4 Å². The van der Waals surface area contributed by atoms with Crippen molar-refractivity contribution >= 4 is 21.6 Å². The number of anilines is 1. The minimum Gasteiger partial charge on any atom is -0.493 e. The van der Waals surface area contributed by atoms with Gasteiger partial charge in [-0.2, -0.15) is 0 Å². The maximum Gasteiger partial charge on any atom is 0.264 e. The highest BCUT2D eigenvalue weighted by molar-refractivity contribution is 7.92. The van der Waals surface area contributed by atoms with Gasteiger partial charge >= 0.3 is 0 Å². The second kappa shape index (κ2) is 10.6. The summed E-state index contributed by atoms with van der Waals surface area (Å²) in [5.74, 6) is 0.529. The topological polar surface area (TPSA) is 84.9 Å². The number of carbonyl (C=O) groups excluding carboxylic acids is 1. The molecule has 180 valence electrons. The van der Waals surface area contributed by atoms with E-state index in [-0.39, 0.29) is 16.8 Å². The van der Waals surface area contributed by atoms with Crippen molar-refractivity contribution in [3.8, 4) is 11.5 Å². The van der Waals surface area contributed by atoms with Gasteiger partial charge in [0.05, 0.1) is 30.8 Å². The quantitative estimate of drug-likeness (QED) is 0.483. The standard InChI is InChI=1S/C26H30N2O5S/c1-6-19-7-9-20(10-8-19)18(2)27-26(29)21-11-13-22(14-12-21)28(3)34(30,31)23-15-16-24(32-4)25(17-23)33-5/h7-18H,6H2,1-5H3,(H,27,29)/t18-/m0/s1. The summed E-state index contributed by atoms with van der Waals surface area (Å²) < 4.78 is 37.8. The second-order valence-electron chi connectivity index (χ2n) is 7.83. The lowest BCUT2D eigenvalue weighted by molar-refractivity contribution is 0.0940. The van der Waals surface area contributed by atoms with Crippen molar-refractivity contribution in [2.45, 2.75) is 31.2 Å². The maximum absolute atomic E-state index is 13.1. The molecule has 0 aromatic heterocycles. The number of nitrogens with zero attached hydrogens (tertiary/aromatic N) is 1. The third-order valence-electron chi connectivity index (χ3n) is 5.74. The van der Waals surface area contributed by atoms with Crippen LogP contribution in [0.4, 0.5) is 5.69 Å². The van der Waals surface area contributed by atoms with Crippen LogP contribution in [0.2, 0.25) is 0 Å². The zero-order valence-electron chi connectivity index (χ0n) is 20.0. The number of nitrogens with one attached hydrogen (secondary N) is 1. The Hall–Kier alpha value is -3.52. The number of ether oxygens (including phenoxy) is 2. The highest BCUT2D eigenvalue weighted by Crippen LogP contribution is 2.31. The van der Waals surface area contributed by atoms with E-state index in [0.717, 1.165) is 16.3 Å². The summed E-state index contributed by atoms with van der Waals surface area (Å²) in [5.41, 5.74) is 3.13. The lowest BCUT2D eigenvalue weighted by atomic mass is 10.0. The molecule has 0 aliphatic carbocycles. The molecule has 0 unspecified atom stereocenters. The lowest BCUT2D eigenvalue weighted by Crippen LogP contribution is -2.28. The third-order valence-corrected chi connectivity index (χ3v) is 7.52. The van der Waals surface area contributed by atoms with E-state index < -0.39 is 10.0 Å². The molecule has 3 aromatic rings. The van der Waals surface area contributed by atoms with Gasteiger partial charge in [-0.3, -0.25) is 9.10 Å². The SMILES string of the molecule is CCc1ccc([C@H](C)NC(=O)c2ccc(N(C)S(=O)(=O)c3ccc(OC)c(OC)c3)cc2)cc1. The van der Waals surface area contributed by atoms with Crippen LogP contribution in [0.15, 0.2) is 71.6 Å². The van der Waals surface area contributed by atoms with Gasteiger partial charge in [0.15, 0.2) is 11.5 Å². The molecule has 0 aliphatic heterocycles. The van der Waals surface area contributed by atoms with Crippen LogP contribution in [0.5, 0.6) is 11.5 Å². The van der Waals surface area contributed by atoms with Crippen molar-refractivity contribution < 1.29 is 22.7 Å². The molecule has 0 bridgehead atoms. The summed E-state index contributed by atoms with van der Waals surface area (Å²) in [7, 11) is 0.547. The van der Waals surface area contributed by atoms with Gasteiger partial charge in [-0.25, -0.2) is 8.42 Å². The first-order chi connectivity index (χ1) is 16.2. The number of benzene rings is 3. The number of rotatable bonds is 9. The number of hydrogen-bond donors (Lipinski definition) is 1. The van der Waals surface area contributed by atoms with Crippen LogP contribution < -0.4 is 19.1 Å². The molecule has 0 radical (unpaired) electrons. The Bertz CT molecular complexity index is 1240. The average molecular weight is 483 g/mol. The Morgan fingerprint density at radius 3 is 2.12 bits per heavy atom. The van der Waals surface area contributed by atoms with Gasteiger partial charge in [0.1, 0.15) is 0 Å². The Kier molecular flexibility index (Phi) is 7.83.